The third-order valence-electron chi connectivity index (χ3n) is 3.63. The lowest BCUT2D eigenvalue weighted by Crippen LogP contribution is -2.25. The number of non-ortho nitro benzene ring substituents is 1. The third-order valence-corrected chi connectivity index (χ3v) is 3.63. The molecule has 0 aliphatic heterocycles. The van der Waals surface area contributed by atoms with E-state index in [0.717, 1.165) is 0 Å². The summed E-state index contributed by atoms with van der Waals surface area (Å²) in [4.78, 5) is 27.2. The minimum Gasteiger partial charge on any atom is -0.292 e. The largest absolute Gasteiger partial charge is 0.292 e. The number of fused-ring (bicyclic) bond motifs is 1. The van der Waals surface area contributed by atoms with E-state index in [1.165, 1.54) is 28.8 Å². The molecule has 0 atom stereocenters. The molecule has 7 heteroatoms. The molecule has 0 saturated carbocycles. The predicted molar refractivity (Wildman–Crippen MR) is 82.9 cm³/mol. The number of aryl methyl sites for hydroxylation is 1. The molecule has 116 valence electrons. The average Bonchev–Trinajstić information content (AvgIpc) is 2.52. The van der Waals surface area contributed by atoms with Crippen LogP contribution in [0.4, 0.5) is 10.1 Å². The van der Waals surface area contributed by atoms with Crippen LogP contribution in [-0.2, 0) is 6.54 Å². The monoisotopic (exact) mass is 313 g/mol. The van der Waals surface area contributed by atoms with E-state index in [4.69, 9.17) is 0 Å². The fourth-order valence-electron chi connectivity index (χ4n) is 2.42. The lowest BCUT2D eigenvalue weighted by atomic mass is 10.2. The van der Waals surface area contributed by atoms with Crippen molar-refractivity contribution >= 4 is 16.6 Å². The van der Waals surface area contributed by atoms with Crippen LogP contribution in [0.5, 0.6) is 0 Å². The normalized spacial score (nSPS) is 10.9. The first-order valence-electron chi connectivity index (χ1n) is 6.86. The maximum atomic E-state index is 13.8. The Morgan fingerprint density at radius 3 is 2.70 bits per heavy atom. The van der Waals surface area contributed by atoms with Gasteiger partial charge in [0.1, 0.15) is 11.6 Å². The Bertz CT molecular complexity index is 982. The van der Waals surface area contributed by atoms with Gasteiger partial charge in [-0.05, 0) is 19.1 Å². The average molecular weight is 313 g/mol. The van der Waals surface area contributed by atoms with Crippen LogP contribution in [0.2, 0.25) is 0 Å². The molecule has 1 heterocycles. The van der Waals surface area contributed by atoms with Crippen molar-refractivity contribution < 1.29 is 9.31 Å². The number of halogens is 1. The second-order valence-corrected chi connectivity index (χ2v) is 5.10. The minimum absolute atomic E-state index is 0.0168. The molecule has 6 nitrogen and oxygen atoms in total. The molecule has 0 radical (unpaired) electrons. The van der Waals surface area contributed by atoms with Gasteiger partial charge < -0.3 is 0 Å². The van der Waals surface area contributed by atoms with Gasteiger partial charge in [0, 0.05) is 17.7 Å². The van der Waals surface area contributed by atoms with Crippen LogP contribution in [0.15, 0.2) is 47.3 Å². The van der Waals surface area contributed by atoms with Gasteiger partial charge in [-0.25, -0.2) is 9.37 Å². The Balaban J connectivity index is 2.19. The van der Waals surface area contributed by atoms with E-state index in [9.17, 15) is 19.3 Å². The Labute approximate surface area is 130 Å². The van der Waals surface area contributed by atoms with Crippen LogP contribution in [0, 0.1) is 22.9 Å². The highest BCUT2D eigenvalue weighted by molar-refractivity contribution is 5.80. The van der Waals surface area contributed by atoms with Crippen LogP contribution in [0.25, 0.3) is 10.9 Å². The summed E-state index contributed by atoms with van der Waals surface area (Å²) < 4.78 is 15.1. The number of nitro groups is 1. The lowest BCUT2D eigenvalue weighted by Gasteiger charge is -2.11. The molecule has 0 fully saturated rings. The van der Waals surface area contributed by atoms with Gasteiger partial charge >= 0.3 is 0 Å². The van der Waals surface area contributed by atoms with Crippen molar-refractivity contribution in [2.45, 2.75) is 13.5 Å². The molecule has 23 heavy (non-hydrogen) atoms. The fourth-order valence-corrected chi connectivity index (χ4v) is 2.42. The molecule has 1 aromatic heterocycles. The van der Waals surface area contributed by atoms with Crippen LogP contribution in [0.1, 0.15) is 11.4 Å². The molecule has 0 bridgehead atoms. The summed E-state index contributed by atoms with van der Waals surface area (Å²) in [5.74, 6) is -0.00227. The number of nitrogens with zero attached hydrogens (tertiary/aromatic N) is 3. The highest BCUT2D eigenvalue weighted by atomic mass is 19.1. The molecule has 3 rings (SSSR count). The molecule has 0 aliphatic rings. The predicted octanol–water partition coefficient (Wildman–Crippen LogP) is 2.80. The van der Waals surface area contributed by atoms with E-state index in [2.05, 4.69) is 4.98 Å². The molecule has 0 saturated heterocycles. The van der Waals surface area contributed by atoms with Crippen LogP contribution in [0.3, 0.4) is 0 Å². The number of aromatic nitrogens is 2. The van der Waals surface area contributed by atoms with E-state index in [0.29, 0.717) is 16.9 Å². The van der Waals surface area contributed by atoms with E-state index in [-0.39, 0.29) is 17.6 Å². The first-order valence-corrected chi connectivity index (χ1v) is 6.86. The molecular formula is C16H12FN3O3. The number of nitro benzene ring substituents is 1. The molecule has 0 amide bonds. The van der Waals surface area contributed by atoms with E-state index in [1.54, 1.807) is 25.1 Å². The van der Waals surface area contributed by atoms with Gasteiger partial charge in [-0.1, -0.05) is 18.2 Å². The van der Waals surface area contributed by atoms with Crippen LogP contribution in [-0.4, -0.2) is 14.5 Å². The number of benzene rings is 2. The lowest BCUT2D eigenvalue weighted by molar-refractivity contribution is -0.384. The molecule has 2 aromatic carbocycles. The van der Waals surface area contributed by atoms with Crippen molar-refractivity contribution in [1.82, 2.24) is 9.55 Å². The minimum atomic E-state index is -0.570. The second kappa shape index (κ2) is 5.60. The van der Waals surface area contributed by atoms with Gasteiger partial charge in [-0.3, -0.25) is 19.5 Å². The molecular weight excluding hydrogens is 301 g/mol. The molecule has 0 aliphatic carbocycles. The van der Waals surface area contributed by atoms with Crippen molar-refractivity contribution in [2.75, 3.05) is 0 Å². The SMILES string of the molecule is Cc1nc2ccc([N+](=O)[O-])cc2c(=O)n1Cc1ccccc1F. The maximum absolute atomic E-state index is 13.8. The molecule has 0 spiro atoms. The Morgan fingerprint density at radius 2 is 2.00 bits per heavy atom. The second-order valence-electron chi connectivity index (χ2n) is 5.10. The number of hydrogen-bond donors (Lipinski definition) is 0. The Kier molecular flexibility index (Phi) is 3.61. The summed E-state index contributed by atoms with van der Waals surface area (Å²) >= 11 is 0. The summed E-state index contributed by atoms with van der Waals surface area (Å²) in [6, 6.07) is 10.1. The summed E-state index contributed by atoms with van der Waals surface area (Å²) in [5.41, 5.74) is 0.115. The van der Waals surface area contributed by atoms with Crippen molar-refractivity contribution in [3.05, 3.63) is 80.1 Å². The van der Waals surface area contributed by atoms with Crippen LogP contribution < -0.4 is 5.56 Å². The topological polar surface area (TPSA) is 78.0 Å². The number of hydrogen-bond acceptors (Lipinski definition) is 4. The summed E-state index contributed by atoms with van der Waals surface area (Å²) in [5, 5.41) is 11.0. The summed E-state index contributed by atoms with van der Waals surface area (Å²) in [7, 11) is 0. The van der Waals surface area contributed by atoms with Gasteiger partial charge in [0.25, 0.3) is 11.2 Å². The molecule has 0 unspecified atom stereocenters. The maximum Gasteiger partial charge on any atom is 0.270 e. The fraction of sp³-hybridized carbons (Fsp3) is 0.125. The van der Waals surface area contributed by atoms with Gasteiger partial charge in [0.2, 0.25) is 0 Å². The zero-order chi connectivity index (χ0) is 16.6. The van der Waals surface area contributed by atoms with Crippen molar-refractivity contribution in [2.24, 2.45) is 0 Å². The Morgan fingerprint density at radius 1 is 1.26 bits per heavy atom. The first kappa shape index (κ1) is 14.8. The highest BCUT2D eigenvalue weighted by Crippen LogP contribution is 2.17. The van der Waals surface area contributed by atoms with Gasteiger partial charge in [-0.2, -0.15) is 0 Å². The van der Waals surface area contributed by atoms with E-state index < -0.39 is 16.3 Å². The van der Waals surface area contributed by atoms with Crippen molar-refractivity contribution in [3.63, 3.8) is 0 Å². The smallest absolute Gasteiger partial charge is 0.270 e. The van der Waals surface area contributed by atoms with Gasteiger partial charge in [0.15, 0.2) is 0 Å². The quantitative estimate of drug-likeness (QED) is 0.550. The number of rotatable bonds is 3. The van der Waals surface area contributed by atoms with Crippen molar-refractivity contribution in [1.29, 1.82) is 0 Å². The molecule has 3 aromatic rings. The van der Waals surface area contributed by atoms with E-state index in [1.807, 2.05) is 0 Å². The molecule has 0 N–H and O–H groups in total. The third kappa shape index (κ3) is 2.68. The zero-order valence-electron chi connectivity index (χ0n) is 12.2. The summed E-state index contributed by atoms with van der Waals surface area (Å²) in [6.45, 7) is 1.66. The standard InChI is InChI=1S/C16H12FN3O3/c1-10-18-15-7-6-12(20(22)23)8-13(15)16(21)19(10)9-11-4-2-3-5-14(11)17/h2-8H,9H2,1H3. The van der Waals surface area contributed by atoms with Gasteiger partial charge in [0.05, 0.1) is 22.4 Å². The van der Waals surface area contributed by atoms with Gasteiger partial charge in [-0.15, -0.1) is 0 Å². The van der Waals surface area contributed by atoms with Crippen molar-refractivity contribution in [3.8, 4) is 0 Å². The Hall–Kier alpha value is -3.09. The summed E-state index contributed by atoms with van der Waals surface area (Å²) in [6.07, 6.45) is 0. The zero-order valence-corrected chi connectivity index (χ0v) is 12.2. The first-order chi connectivity index (χ1) is 11.0. The van der Waals surface area contributed by atoms with Crippen LogP contribution >= 0.6 is 0 Å². The van der Waals surface area contributed by atoms with E-state index >= 15 is 0 Å². The highest BCUT2D eigenvalue weighted by Gasteiger charge is 2.14.